The molecular formula is C39H5F18N7. The lowest BCUT2D eigenvalue weighted by Gasteiger charge is -2.23. The second-order valence-electron chi connectivity index (χ2n) is 12.8. The van der Waals surface area contributed by atoms with Crippen LogP contribution >= 0.6 is 0 Å². The number of alkyl halides is 18. The highest BCUT2D eigenvalue weighted by Gasteiger charge is 2.53. The molecule has 0 radical (unpaired) electrons. The molecule has 3 aromatic carbocycles. The fraction of sp³-hybridized carbons (Fsp3) is 0.154. The summed E-state index contributed by atoms with van der Waals surface area (Å²) in [6, 6.07) is 6.66. The summed E-state index contributed by atoms with van der Waals surface area (Å²) < 4.78 is 255. The van der Waals surface area contributed by atoms with Crippen molar-refractivity contribution in [2.45, 2.75) is 37.1 Å². The molecule has 25 heteroatoms. The Hall–Kier alpha value is -8.21. The van der Waals surface area contributed by atoms with Crippen molar-refractivity contribution in [3.63, 3.8) is 0 Å². The normalized spacial score (nSPS) is 14.1. The number of nitriles is 7. The van der Waals surface area contributed by atoms with Crippen LogP contribution in [0.25, 0.3) is 33.4 Å². The van der Waals surface area contributed by atoms with E-state index in [0.29, 0.717) is 6.07 Å². The molecule has 2 aliphatic carbocycles. The van der Waals surface area contributed by atoms with Gasteiger partial charge < -0.3 is 0 Å². The van der Waals surface area contributed by atoms with Crippen molar-refractivity contribution < 1.29 is 79.0 Å². The van der Waals surface area contributed by atoms with Gasteiger partial charge in [-0.05, 0) is 47.0 Å². The molecule has 0 saturated heterocycles. The lowest BCUT2D eigenvalue weighted by molar-refractivity contribution is -0.174. The summed E-state index contributed by atoms with van der Waals surface area (Å²) in [5.74, 6) is 0. The predicted octanol–water partition coefficient (Wildman–Crippen LogP) is 12.2. The largest absolute Gasteiger partial charge is 0.417 e. The first kappa shape index (κ1) is 46.8. The van der Waals surface area contributed by atoms with Gasteiger partial charge >= 0.3 is 37.1 Å². The van der Waals surface area contributed by atoms with Crippen molar-refractivity contribution in [1.29, 1.82) is 36.8 Å². The molecule has 3 aromatic rings. The van der Waals surface area contributed by atoms with E-state index in [0.717, 1.165) is 24.3 Å². The topological polar surface area (TPSA) is 167 Å². The number of hydrogen-bond acceptors (Lipinski definition) is 7. The van der Waals surface area contributed by atoms with Crippen LogP contribution in [-0.4, -0.2) is 0 Å². The molecule has 0 unspecified atom stereocenters. The van der Waals surface area contributed by atoms with E-state index in [1.165, 1.54) is 18.2 Å². The van der Waals surface area contributed by atoms with Gasteiger partial charge in [0.1, 0.15) is 53.6 Å². The monoisotopic (exact) mass is 913 g/mol. The molecule has 64 heavy (non-hydrogen) atoms. The highest BCUT2D eigenvalue weighted by atomic mass is 19.4. The summed E-state index contributed by atoms with van der Waals surface area (Å²) in [7, 11) is 0. The molecule has 2 aliphatic rings. The van der Waals surface area contributed by atoms with Gasteiger partial charge in [-0.25, -0.2) is 0 Å². The molecule has 5 rings (SSSR count). The van der Waals surface area contributed by atoms with Crippen molar-refractivity contribution in [2.75, 3.05) is 0 Å². The summed E-state index contributed by atoms with van der Waals surface area (Å²) in [6.45, 7) is 0. The number of rotatable bonds is 2. The van der Waals surface area contributed by atoms with Crippen molar-refractivity contribution in [1.82, 2.24) is 0 Å². The van der Waals surface area contributed by atoms with E-state index in [-0.39, 0.29) is 0 Å². The Morgan fingerprint density at radius 1 is 0.359 bits per heavy atom. The van der Waals surface area contributed by atoms with Gasteiger partial charge in [0.25, 0.3) is 0 Å². The minimum atomic E-state index is -6.40. The van der Waals surface area contributed by atoms with Crippen LogP contribution in [0.2, 0.25) is 0 Å². The minimum Gasteiger partial charge on any atom is -0.192 e. The van der Waals surface area contributed by atoms with Gasteiger partial charge in [-0.1, -0.05) is 0 Å². The lowest BCUT2D eigenvalue weighted by atomic mass is 9.85. The van der Waals surface area contributed by atoms with Crippen molar-refractivity contribution in [2.24, 2.45) is 0 Å². The Labute approximate surface area is 342 Å². The number of benzene rings is 3. The van der Waals surface area contributed by atoms with Crippen LogP contribution in [-0.2, 0) is 37.1 Å². The zero-order chi connectivity index (χ0) is 48.6. The van der Waals surface area contributed by atoms with Crippen molar-refractivity contribution in [3.05, 3.63) is 114 Å². The van der Waals surface area contributed by atoms with Gasteiger partial charge in [0, 0.05) is 39.0 Å². The smallest absolute Gasteiger partial charge is 0.192 e. The lowest BCUT2D eigenvalue weighted by Crippen LogP contribution is -2.23. The fourth-order valence-corrected chi connectivity index (χ4v) is 7.14. The molecule has 322 valence electrons. The molecule has 0 spiro atoms. The summed E-state index contributed by atoms with van der Waals surface area (Å²) in [5, 5.41) is 70.9. The molecule has 7 nitrogen and oxygen atoms in total. The Balaban J connectivity index is 2.09. The SMILES string of the molecule is N#CC(C#N)=C1C(c2cc(C(F)(F)F)c(C(F)(F)F)c(C(F)(F)F)c2)=C(C#N)c2c1cc1c(c2C#N)C(=C(C#N)C#N)C(c2cc(C(F)(F)F)c(C(F)(F)F)c(C(F)(F)F)c2)=C1C#N. The Kier molecular flexibility index (Phi) is 11.0. The summed E-state index contributed by atoms with van der Waals surface area (Å²) >= 11 is 0. The van der Waals surface area contributed by atoms with Gasteiger partial charge in [0.15, 0.2) is 0 Å². The van der Waals surface area contributed by atoms with E-state index in [2.05, 4.69) is 0 Å². The number of halogens is 18. The second-order valence-corrected chi connectivity index (χ2v) is 12.8. The third-order valence-corrected chi connectivity index (χ3v) is 9.29. The highest BCUT2D eigenvalue weighted by Crippen LogP contribution is 2.59. The Morgan fingerprint density at radius 3 is 0.969 bits per heavy atom. The molecule has 0 heterocycles. The maximum Gasteiger partial charge on any atom is 0.417 e. The van der Waals surface area contributed by atoms with Crippen LogP contribution in [0.3, 0.4) is 0 Å². The van der Waals surface area contributed by atoms with E-state index < -0.39 is 178 Å². The van der Waals surface area contributed by atoms with E-state index >= 15 is 0 Å². The van der Waals surface area contributed by atoms with Crippen LogP contribution in [0.5, 0.6) is 0 Å². The van der Waals surface area contributed by atoms with Crippen LogP contribution in [0.15, 0.2) is 41.5 Å². The standard InChI is InChI=1S/C39H5F18N7/c40-34(41,42)22-1-13(2-23(35(43,44)45)32(22)38(52,53)54)26-19(10-62)17-5-18-28(15(6-58)7-59)27(20(11-63)30(18)21(12-64)31(17)29(26)16(8-60)9-61)14-3-24(36(46,47)48)33(39(55,56)57)25(4-14)37(49,50)51/h1-5H. The van der Waals surface area contributed by atoms with Crippen LogP contribution in [0.1, 0.15) is 72.3 Å². The Bertz CT molecular complexity index is 2970. The highest BCUT2D eigenvalue weighted by molar-refractivity contribution is 6.31. The van der Waals surface area contributed by atoms with Crippen molar-refractivity contribution in [3.8, 4) is 42.5 Å². The van der Waals surface area contributed by atoms with E-state index in [1.807, 2.05) is 0 Å². The quantitative estimate of drug-likeness (QED) is 0.182. The first-order chi connectivity index (χ1) is 29.3. The second kappa shape index (κ2) is 15.0. The van der Waals surface area contributed by atoms with E-state index in [9.17, 15) is 116 Å². The van der Waals surface area contributed by atoms with E-state index in [4.69, 9.17) is 0 Å². The average molecular weight is 913 g/mol. The number of hydrogen-bond donors (Lipinski definition) is 0. The van der Waals surface area contributed by atoms with Gasteiger partial charge in [0.2, 0.25) is 0 Å². The molecule has 0 saturated carbocycles. The van der Waals surface area contributed by atoms with Gasteiger partial charge in [-0.3, -0.25) is 0 Å². The van der Waals surface area contributed by atoms with Gasteiger partial charge in [-0.2, -0.15) is 116 Å². The van der Waals surface area contributed by atoms with Gasteiger partial charge in [0.05, 0.1) is 50.1 Å². The maximum absolute atomic E-state index is 14.2. The molecule has 0 atom stereocenters. The van der Waals surface area contributed by atoms with E-state index in [1.54, 1.807) is 0 Å². The first-order valence-corrected chi connectivity index (χ1v) is 16.1. The molecule has 0 aliphatic heterocycles. The summed E-state index contributed by atoms with van der Waals surface area (Å²) in [4.78, 5) is 0. The molecular weight excluding hydrogens is 908 g/mol. The number of fused-ring (bicyclic) bond motifs is 2. The average Bonchev–Trinajstić information content (AvgIpc) is 3.67. The predicted molar refractivity (Wildman–Crippen MR) is 175 cm³/mol. The zero-order valence-electron chi connectivity index (χ0n) is 29.8. The Morgan fingerprint density at radius 2 is 0.688 bits per heavy atom. The first-order valence-electron chi connectivity index (χ1n) is 16.1. The van der Waals surface area contributed by atoms with Crippen LogP contribution in [0.4, 0.5) is 79.0 Å². The molecule has 0 N–H and O–H groups in total. The molecule has 0 bridgehead atoms. The number of allylic oxidation sites excluding steroid dienone is 8. The maximum atomic E-state index is 14.2. The zero-order valence-corrected chi connectivity index (χ0v) is 29.8. The van der Waals surface area contributed by atoms with Crippen LogP contribution < -0.4 is 0 Å². The summed E-state index contributed by atoms with van der Waals surface area (Å²) in [6.07, 6.45) is -38.0. The number of nitrogens with zero attached hydrogens (tertiary/aromatic N) is 7. The van der Waals surface area contributed by atoms with Gasteiger partial charge in [-0.15, -0.1) is 0 Å². The van der Waals surface area contributed by atoms with Crippen LogP contribution in [0, 0.1) is 79.3 Å². The minimum absolute atomic E-state index is 0.427. The third-order valence-electron chi connectivity index (χ3n) is 9.29. The van der Waals surface area contributed by atoms with Crippen molar-refractivity contribution >= 4 is 33.4 Å². The molecule has 0 fully saturated rings. The summed E-state index contributed by atoms with van der Waals surface area (Å²) in [5.41, 5.74) is -38.3. The molecule has 0 aromatic heterocycles. The molecule has 0 amide bonds. The fourth-order valence-electron chi connectivity index (χ4n) is 7.14. The third kappa shape index (κ3) is 7.46.